The van der Waals surface area contributed by atoms with Crippen molar-refractivity contribution in [3.63, 3.8) is 0 Å². The fraction of sp³-hybridized carbons (Fsp3) is 0.267. The van der Waals surface area contributed by atoms with E-state index in [-0.39, 0.29) is 17.6 Å². The molecule has 0 saturated carbocycles. The first-order chi connectivity index (χ1) is 10.6. The molecule has 0 saturated heterocycles. The molecule has 3 aromatic rings. The average molecular weight is 301 g/mol. The number of amides is 1. The summed E-state index contributed by atoms with van der Waals surface area (Å²) in [6.07, 6.45) is 3.02. The Hall–Kier alpha value is -2.70. The van der Waals surface area contributed by atoms with Crippen LogP contribution in [-0.2, 0) is 17.9 Å². The minimum atomic E-state index is -0.275. The quantitative estimate of drug-likeness (QED) is 0.755. The molecular formula is C15H16FN5O. The van der Waals surface area contributed by atoms with Crippen molar-refractivity contribution in [1.82, 2.24) is 25.1 Å². The molecule has 0 spiro atoms. The number of fused-ring (bicyclic) bond motifs is 1. The molecule has 2 heterocycles. The maximum absolute atomic E-state index is 13.1. The van der Waals surface area contributed by atoms with Crippen LogP contribution in [0.5, 0.6) is 0 Å². The van der Waals surface area contributed by atoms with E-state index < -0.39 is 0 Å². The number of aromatic amines is 1. The van der Waals surface area contributed by atoms with Crippen LogP contribution < -0.4 is 5.32 Å². The van der Waals surface area contributed by atoms with Crippen LogP contribution in [0.15, 0.2) is 36.9 Å². The molecule has 1 unspecified atom stereocenters. The first kappa shape index (κ1) is 14.2. The zero-order valence-corrected chi connectivity index (χ0v) is 12.1. The van der Waals surface area contributed by atoms with Crippen molar-refractivity contribution in [2.45, 2.75) is 20.0 Å². The number of H-pyrrole nitrogens is 1. The Bertz CT molecular complexity index is 780. The molecule has 1 aromatic carbocycles. The van der Waals surface area contributed by atoms with Gasteiger partial charge in [0.25, 0.3) is 0 Å². The molecule has 1 amide bonds. The standard InChI is InChI=1S/C15H16FN5O/c1-10(7-21-9-17-8-19-21)15(22)18-6-13-5-11-4-12(16)2-3-14(11)20-13/h2-5,8-10,20H,6-7H2,1H3,(H,18,22). The monoisotopic (exact) mass is 301 g/mol. The molecule has 3 rings (SSSR count). The van der Waals surface area contributed by atoms with E-state index in [1.165, 1.54) is 18.5 Å². The summed E-state index contributed by atoms with van der Waals surface area (Å²) in [6, 6.07) is 6.38. The highest BCUT2D eigenvalue weighted by molar-refractivity contribution is 5.81. The summed E-state index contributed by atoms with van der Waals surface area (Å²) >= 11 is 0. The maximum atomic E-state index is 13.1. The summed E-state index contributed by atoms with van der Waals surface area (Å²) in [5.74, 6) is -0.563. The fourth-order valence-electron chi connectivity index (χ4n) is 2.31. The maximum Gasteiger partial charge on any atom is 0.225 e. The van der Waals surface area contributed by atoms with Crippen LogP contribution >= 0.6 is 0 Å². The topological polar surface area (TPSA) is 75.6 Å². The minimum Gasteiger partial charge on any atom is -0.357 e. The summed E-state index contributed by atoms with van der Waals surface area (Å²) < 4.78 is 14.8. The van der Waals surface area contributed by atoms with E-state index in [1.54, 1.807) is 17.1 Å². The molecule has 1 atom stereocenters. The van der Waals surface area contributed by atoms with Crippen molar-refractivity contribution in [2.24, 2.45) is 5.92 Å². The van der Waals surface area contributed by atoms with Crippen molar-refractivity contribution < 1.29 is 9.18 Å². The molecule has 0 bridgehead atoms. The number of halogens is 1. The second-order valence-electron chi connectivity index (χ2n) is 5.26. The van der Waals surface area contributed by atoms with Crippen molar-refractivity contribution in [1.29, 1.82) is 0 Å². The Morgan fingerprint density at radius 2 is 2.32 bits per heavy atom. The molecule has 22 heavy (non-hydrogen) atoms. The van der Waals surface area contributed by atoms with Gasteiger partial charge in [0, 0.05) is 16.6 Å². The summed E-state index contributed by atoms with van der Waals surface area (Å²) in [4.78, 5) is 19.1. The fourth-order valence-corrected chi connectivity index (χ4v) is 2.31. The van der Waals surface area contributed by atoms with Gasteiger partial charge in [-0.25, -0.2) is 9.37 Å². The number of carbonyl (C=O) groups is 1. The Morgan fingerprint density at radius 1 is 1.45 bits per heavy atom. The van der Waals surface area contributed by atoms with Crippen LogP contribution in [0.4, 0.5) is 4.39 Å². The molecule has 0 aliphatic carbocycles. The van der Waals surface area contributed by atoms with E-state index in [1.807, 2.05) is 13.0 Å². The third-order valence-corrected chi connectivity index (χ3v) is 3.47. The van der Waals surface area contributed by atoms with Crippen molar-refractivity contribution in [3.8, 4) is 0 Å². The molecule has 114 valence electrons. The van der Waals surface area contributed by atoms with Crippen LogP contribution in [-0.4, -0.2) is 25.7 Å². The molecule has 0 aliphatic rings. The lowest BCUT2D eigenvalue weighted by Crippen LogP contribution is -2.31. The Morgan fingerprint density at radius 3 is 3.09 bits per heavy atom. The van der Waals surface area contributed by atoms with Gasteiger partial charge in [-0.1, -0.05) is 6.92 Å². The molecule has 0 fully saturated rings. The Labute approximate surface area is 126 Å². The number of hydrogen-bond donors (Lipinski definition) is 2. The Kier molecular flexibility index (Phi) is 3.86. The second-order valence-corrected chi connectivity index (χ2v) is 5.26. The molecule has 0 radical (unpaired) electrons. The highest BCUT2D eigenvalue weighted by Gasteiger charge is 2.14. The van der Waals surface area contributed by atoms with Gasteiger partial charge < -0.3 is 10.3 Å². The molecule has 2 aromatic heterocycles. The highest BCUT2D eigenvalue weighted by Crippen LogP contribution is 2.16. The summed E-state index contributed by atoms with van der Waals surface area (Å²) in [5, 5.41) is 7.63. The summed E-state index contributed by atoms with van der Waals surface area (Å²) in [5.41, 5.74) is 1.68. The molecule has 7 heteroatoms. The van der Waals surface area contributed by atoms with Crippen LogP contribution in [0.3, 0.4) is 0 Å². The normalized spacial score (nSPS) is 12.5. The van der Waals surface area contributed by atoms with E-state index in [0.29, 0.717) is 13.1 Å². The van der Waals surface area contributed by atoms with Crippen molar-refractivity contribution in [3.05, 3.63) is 48.4 Å². The van der Waals surface area contributed by atoms with Gasteiger partial charge in [-0.3, -0.25) is 9.48 Å². The second kappa shape index (κ2) is 5.97. The van der Waals surface area contributed by atoms with Gasteiger partial charge in [-0.2, -0.15) is 5.10 Å². The van der Waals surface area contributed by atoms with Gasteiger partial charge in [0.2, 0.25) is 5.91 Å². The van der Waals surface area contributed by atoms with Crippen molar-refractivity contribution in [2.75, 3.05) is 0 Å². The van der Waals surface area contributed by atoms with E-state index in [2.05, 4.69) is 20.4 Å². The lowest BCUT2D eigenvalue weighted by molar-refractivity contribution is -0.125. The molecule has 2 N–H and O–H groups in total. The lowest BCUT2D eigenvalue weighted by atomic mass is 10.1. The average Bonchev–Trinajstić information content (AvgIpc) is 3.13. The summed E-state index contributed by atoms with van der Waals surface area (Å²) in [7, 11) is 0. The number of hydrogen-bond acceptors (Lipinski definition) is 3. The molecular weight excluding hydrogens is 285 g/mol. The third kappa shape index (κ3) is 3.13. The summed E-state index contributed by atoms with van der Waals surface area (Å²) in [6.45, 7) is 2.68. The van der Waals surface area contributed by atoms with Crippen molar-refractivity contribution >= 4 is 16.8 Å². The van der Waals surface area contributed by atoms with Gasteiger partial charge in [0.15, 0.2) is 0 Å². The number of nitrogens with zero attached hydrogens (tertiary/aromatic N) is 3. The minimum absolute atomic E-state index is 0.0691. The largest absolute Gasteiger partial charge is 0.357 e. The van der Waals surface area contributed by atoms with Gasteiger partial charge in [0.05, 0.1) is 19.0 Å². The van der Waals surface area contributed by atoms with E-state index in [0.717, 1.165) is 16.6 Å². The van der Waals surface area contributed by atoms with E-state index in [9.17, 15) is 9.18 Å². The van der Waals surface area contributed by atoms with Gasteiger partial charge in [-0.05, 0) is 24.3 Å². The first-order valence-corrected chi connectivity index (χ1v) is 6.99. The number of carbonyl (C=O) groups excluding carboxylic acids is 1. The van der Waals surface area contributed by atoms with E-state index in [4.69, 9.17) is 0 Å². The van der Waals surface area contributed by atoms with Crippen LogP contribution in [0, 0.1) is 11.7 Å². The predicted molar refractivity (Wildman–Crippen MR) is 79.3 cm³/mol. The SMILES string of the molecule is CC(Cn1cncn1)C(=O)NCc1cc2cc(F)ccc2[nH]1. The molecule has 0 aliphatic heterocycles. The van der Waals surface area contributed by atoms with Crippen LogP contribution in [0.25, 0.3) is 10.9 Å². The number of benzene rings is 1. The van der Waals surface area contributed by atoms with Gasteiger partial charge in [0.1, 0.15) is 18.5 Å². The zero-order valence-electron chi connectivity index (χ0n) is 12.1. The highest BCUT2D eigenvalue weighted by atomic mass is 19.1. The van der Waals surface area contributed by atoms with Crippen LogP contribution in [0.1, 0.15) is 12.6 Å². The first-order valence-electron chi connectivity index (χ1n) is 6.99. The Balaban J connectivity index is 1.59. The van der Waals surface area contributed by atoms with Crippen LogP contribution in [0.2, 0.25) is 0 Å². The molecule has 6 nitrogen and oxygen atoms in total. The van der Waals surface area contributed by atoms with Gasteiger partial charge in [-0.15, -0.1) is 0 Å². The number of aromatic nitrogens is 4. The predicted octanol–water partition coefficient (Wildman–Crippen LogP) is 1.85. The third-order valence-electron chi connectivity index (χ3n) is 3.47. The number of rotatable bonds is 5. The zero-order chi connectivity index (χ0) is 15.5. The van der Waals surface area contributed by atoms with E-state index >= 15 is 0 Å². The lowest BCUT2D eigenvalue weighted by Gasteiger charge is -2.11. The smallest absolute Gasteiger partial charge is 0.225 e. The van der Waals surface area contributed by atoms with Gasteiger partial charge >= 0.3 is 0 Å². The number of nitrogens with one attached hydrogen (secondary N) is 2.